The third kappa shape index (κ3) is 3.37. The van der Waals surface area contributed by atoms with Crippen LogP contribution in [0.5, 0.6) is 0 Å². The fraction of sp³-hybridized carbons (Fsp3) is 0.118. The van der Waals surface area contributed by atoms with Crippen molar-refractivity contribution in [1.82, 2.24) is 4.57 Å². The van der Waals surface area contributed by atoms with E-state index in [1.807, 2.05) is 0 Å². The molecule has 0 aliphatic rings. The molecule has 3 aromatic rings. The maximum Gasteiger partial charge on any atom is 0.419 e. The van der Waals surface area contributed by atoms with Gasteiger partial charge in [-0.05, 0) is 30.3 Å². The first-order chi connectivity index (χ1) is 12.0. The second-order valence-electron chi connectivity index (χ2n) is 5.26. The Kier molecular flexibility index (Phi) is 4.25. The van der Waals surface area contributed by atoms with Crippen molar-refractivity contribution in [2.45, 2.75) is 0 Å². The van der Waals surface area contributed by atoms with Crippen molar-refractivity contribution in [2.24, 2.45) is 7.05 Å². The van der Waals surface area contributed by atoms with Crippen molar-refractivity contribution < 1.29 is 18.7 Å². The number of esters is 1. The van der Waals surface area contributed by atoms with E-state index in [1.165, 1.54) is 17.7 Å². The maximum absolute atomic E-state index is 12.1. The number of anilines is 2. The van der Waals surface area contributed by atoms with E-state index in [0.717, 1.165) is 0 Å². The van der Waals surface area contributed by atoms with E-state index < -0.39 is 17.8 Å². The molecule has 0 radical (unpaired) electrons. The van der Waals surface area contributed by atoms with E-state index in [0.29, 0.717) is 28.0 Å². The largest absolute Gasteiger partial charge is 0.465 e. The molecule has 0 saturated heterocycles. The zero-order valence-electron chi connectivity index (χ0n) is 13.5. The van der Waals surface area contributed by atoms with Gasteiger partial charge in [0.25, 0.3) is 0 Å². The van der Waals surface area contributed by atoms with E-state index in [1.54, 1.807) is 43.4 Å². The van der Waals surface area contributed by atoms with E-state index in [2.05, 4.69) is 15.4 Å². The van der Waals surface area contributed by atoms with Gasteiger partial charge in [0.2, 0.25) is 0 Å². The van der Waals surface area contributed by atoms with Crippen molar-refractivity contribution in [3.8, 4) is 0 Å². The number of oxazole rings is 1. The highest BCUT2D eigenvalue weighted by atomic mass is 16.5. The van der Waals surface area contributed by atoms with Gasteiger partial charge in [-0.25, -0.2) is 14.4 Å². The first-order valence-corrected chi connectivity index (χ1v) is 7.34. The van der Waals surface area contributed by atoms with Gasteiger partial charge in [-0.15, -0.1) is 0 Å². The van der Waals surface area contributed by atoms with Gasteiger partial charge in [-0.3, -0.25) is 4.57 Å². The zero-order valence-corrected chi connectivity index (χ0v) is 13.5. The fourth-order valence-corrected chi connectivity index (χ4v) is 2.35. The highest BCUT2D eigenvalue weighted by Crippen LogP contribution is 2.18. The Morgan fingerprint density at radius 2 is 1.80 bits per heavy atom. The molecule has 0 fully saturated rings. The van der Waals surface area contributed by atoms with E-state index in [4.69, 9.17) is 4.42 Å². The zero-order chi connectivity index (χ0) is 18.0. The monoisotopic (exact) mass is 341 g/mol. The van der Waals surface area contributed by atoms with Crippen LogP contribution < -0.4 is 16.4 Å². The first kappa shape index (κ1) is 16.3. The van der Waals surface area contributed by atoms with Crippen molar-refractivity contribution >= 4 is 34.5 Å². The number of rotatable bonds is 3. The number of hydrogen-bond acceptors (Lipinski definition) is 5. The van der Waals surface area contributed by atoms with Gasteiger partial charge in [0, 0.05) is 24.5 Å². The van der Waals surface area contributed by atoms with Crippen LogP contribution in [0.4, 0.5) is 16.2 Å². The van der Waals surface area contributed by atoms with Crippen LogP contribution >= 0.6 is 0 Å². The van der Waals surface area contributed by atoms with Crippen LogP contribution in [0, 0.1) is 0 Å². The molecule has 128 valence electrons. The molecule has 2 amide bonds. The quantitative estimate of drug-likeness (QED) is 0.713. The lowest BCUT2D eigenvalue weighted by Gasteiger charge is -2.08. The number of fused-ring (bicyclic) bond motifs is 1. The number of aromatic nitrogens is 1. The summed E-state index contributed by atoms with van der Waals surface area (Å²) in [6.07, 6.45) is 0. The molecule has 2 N–H and O–H groups in total. The van der Waals surface area contributed by atoms with Crippen LogP contribution in [0.1, 0.15) is 10.4 Å². The number of carbonyl (C=O) groups is 2. The number of methoxy groups -OCH3 is 1. The van der Waals surface area contributed by atoms with Gasteiger partial charge in [0.1, 0.15) is 0 Å². The van der Waals surface area contributed by atoms with Crippen LogP contribution in [0.2, 0.25) is 0 Å². The number of carbonyl (C=O) groups excluding carboxylic acids is 2. The minimum atomic E-state index is -0.500. The second kappa shape index (κ2) is 6.52. The topological polar surface area (TPSA) is 103 Å². The molecule has 2 aromatic carbocycles. The number of amides is 2. The standard InChI is InChI=1S/C17H15N3O5/c1-20-13-7-6-12(9-14(13)25-17(20)23)19-16(22)18-11-5-3-4-10(8-11)15(21)24-2/h3-9H,1-2H3,(H2,18,19,22). The Morgan fingerprint density at radius 1 is 1.08 bits per heavy atom. The molecule has 8 heteroatoms. The normalized spacial score (nSPS) is 10.5. The molecule has 0 atom stereocenters. The summed E-state index contributed by atoms with van der Waals surface area (Å²) in [5, 5.41) is 5.26. The highest BCUT2D eigenvalue weighted by molar-refractivity contribution is 6.01. The Labute approximate surface area is 142 Å². The lowest BCUT2D eigenvalue weighted by molar-refractivity contribution is 0.0600. The Balaban J connectivity index is 1.74. The van der Waals surface area contributed by atoms with Crippen molar-refractivity contribution in [3.63, 3.8) is 0 Å². The molecule has 3 rings (SSSR count). The van der Waals surface area contributed by atoms with Gasteiger partial charge in [-0.1, -0.05) is 6.07 Å². The summed E-state index contributed by atoms with van der Waals surface area (Å²) in [7, 11) is 2.88. The fourth-order valence-electron chi connectivity index (χ4n) is 2.35. The number of aryl methyl sites for hydroxylation is 1. The number of ether oxygens (including phenoxy) is 1. The third-order valence-electron chi connectivity index (χ3n) is 3.59. The molecule has 0 unspecified atom stereocenters. The predicted molar refractivity (Wildman–Crippen MR) is 91.9 cm³/mol. The number of urea groups is 1. The van der Waals surface area contributed by atoms with E-state index in [-0.39, 0.29) is 0 Å². The summed E-state index contributed by atoms with van der Waals surface area (Å²) in [5.41, 5.74) is 2.23. The molecule has 0 saturated carbocycles. The maximum atomic E-state index is 12.1. The van der Waals surface area contributed by atoms with Crippen LogP contribution in [0.15, 0.2) is 51.7 Å². The summed E-state index contributed by atoms with van der Waals surface area (Å²) in [4.78, 5) is 35.1. The summed E-state index contributed by atoms with van der Waals surface area (Å²) < 4.78 is 11.1. The summed E-state index contributed by atoms with van der Waals surface area (Å²) in [6.45, 7) is 0. The second-order valence-corrected chi connectivity index (χ2v) is 5.26. The molecular weight excluding hydrogens is 326 g/mol. The minimum absolute atomic E-state index is 0.327. The Hall–Kier alpha value is -3.55. The lowest BCUT2D eigenvalue weighted by atomic mass is 10.2. The molecule has 0 spiro atoms. The molecule has 0 bridgehead atoms. The van der Waals surface area contributed by atoms with Crippen molar-refractivity contribution in [1.29, 1.82) is 0 Å². The summed E-state index contributed by atoms with van der Waals surface area (Å²) in [5.74, 6) is -0.968. The van der Waals surface area contributed by atoms with Gasteiger partial charge in [0.15, 0.2) is 5.58 Å². The Morgan fingerprint density at radius 3 is 2.52 bits per heavy atom. The SMILES string of the molecule is COC(=O)c1cccc(NC(=O)Nc2ccc3c(c2)oc(=O)n3C)c1. The smallest absolute Gasteiger partial charge is 0.419 e. The molecule has 25 heavy (non-hydrogen) atoms. The van der Waals surface area contributed by atoms with E-state index in [9.17, 15) is 14.4 Å². The molecule has 0 aliphatic heterocycles. The van der Waals surface area contributed by atoms with Crippen LogP contribution in [0.25, 0.3) is 11.1 Å². The van der Waals surface area contributed by atoms with Crippen molar-refractivity contribution in [3.05, 3.63) is 58.6 Å². The van der Waals surface area contributed by atoms with Crippen LogP contribution in [0.3, 0.4) is 0 Å². The van der Waals surface area contributed by atoms with Crippen molar-refractivity contribution in [2.75, 3.05) is 17.7 Å². The number of nitrogens with one attached hydrogen (secondary N) is 2. The van der Waals surface area contributed by atoms with Crippen LogP contribution in [-0.2, 0) is 11.8 Å². The number of nitrogens with zero attached hydrogens (tertiary/aromatic N) is 1. The first-order valence-electron chi connectivity index (χ1n) is 7.34. The molecular formula is C17H15N3O5. The molecule has 1 heterocycles. The Bertz CT molecular complexity index is 1020. The highest BCUT2D eigenvalue weighted by Gasteiger charge is 2.10. The third-order valence-corrected chi connectivity index (χ3v) is 3.59. The summed E-state index contributed by atoms with van der Waals surface area (Å²) >= 11 is 0. The van der Waals surface area contributed by atoms with Crippen LogP contribution in [-0.4, -0.2) is 23.7 Å². The number of benzene rings is 2. The molecule has 8 nitrogen and oxygen atoms in total. The minimum Gasteiger partial charge on any atom is -0.465 e. The van der Waals surface area contributed by atoms with Gasteiger partial charge >= 0.3 is 17.8 Å². The van der Waals surface area contributed by atoms with Gasteiger partial charge in [-0.2, -0.15) is 0 Å². The van der Waals surface area contributed by atoms with Gasteiger partial charge < -0.3 is 19.8 Å². The average molecular weight is 341 g/mol. The lowest BCUT2D eigenvalue weighted by Crippen LogP contribution is -2.19. The molecule has 1 aromatic heterocycles. The predicted octanol–water partition coefficient (Wildman–Crippen LogP) is 2.56. The number of hydrogen-bond donors (Lipinski definition) is 2. The molecule has 0 aliphatic carbocycles. The average Bonchev–Trinajstić information content (AvgIpc) is 2.88. The van der Waals surface area contributed by atoms with Gasteiger partial charge in [0.05, 0.1) is 18.2 Å². The van der Waals surface area contributed by atoms with E-state index >= 15 is 0 Å². The summed E-state index contributed by atoms with van der Waals surface area (Å²) in [6, 6.07) is 10.7.